The molecule has 24 heavy (non-hydrogen) atoms. The molecule has 0 aliphatic heterocycles. The number of benzene rings is 1. The average Bonchev–Trinajstić information content (AvgIpc) is 2.80. The predicted octanol–water partition coefficient (Wildman–Crippen LogP) is 5.29. The highest BCUT2D eigenvalue weighted by Gasteiger charge is 2.15. The number of nitrogens with zero attached hydrogens (tertiary/aromatic N) is 2. The lowest BCUT2D eigenvalue weighted by Crippen LogP contribution is -2.02. The molecule has 0 aliphatic carbocycles. The summed E-state index contributed by atoms with van der Waals surface area (Å²) in [6.45, 7) is 12.2. The number of fused-ring (bicyclic) bond motifs is 1. The third-order valence-electron chi connectivity index (χ3n) is 4.78. The van der Waals surface area contributed by atoms with Gasteiger partial charge in [0.15, 0.2) is 0 Å². The first-order chi connectivity index (χ1) is 11.0. The minimum atomic E-state index is 0. The maximum atomic E-state index is 6.08. The van der Waals surface area contributed by atoms with Crippen molar-refractivity contribution in [1.82, 2.24) is 9.55 Å². The fourth-order valence-electron chi connectivity index (χ4n) is 3.11. The van der Waals surface area contributed by atoms with Gasteiger partial charge < -0.3 is 9.30 Å². The molecule has 0 radical (unpaired) electrons. The summed E-state index contributed by atoms with van der Waals surface area (Å²) in [5, 5.41) is 1.23. The SMILES string of the molecule is CCn1c(C)c(C)c2ccnc(OCc3ccc(C)c(C)c3)c21.Cl. The molecule has 0 amide bonds. The van der Waals surface area contributed by atoms with Crippen molar-refractivity contribution >= 4 is 23.3 Å². The summed E-state index contributed by atoms with van der Waals surface area (Å²) >= 11 is 0. The van der Waals surface area contributed by atoms with Gasteiger partial charge in [0.05, 0.1) is 0 Å². The molecule has 0 spiro atoms. The Morgan fingerprint density at radius 3 is 2.46 bits per heavy atom. The second-order valence-electron chi connectivity index (χ2n) is 6.17. The van der Waals surface area contributed by atoms with Gasteiger partial charge in [-0.1, -0.05) is 18.2 Å². The van der Waals surface area contributed by atoms with Crippen molar-refractivity contribution in [2.24, 2.45) is 0 Å². The van der Waals surface area contributed by atoms with E-state index in [2.05, 4.69) is 68.4 Å². The molecule has 0 saturated heterocycles. The van der Waals surface area contributed by atoms with Crippen molar-refractivity contribution in [2.45, 2.75) is 47.8 Å². The molecular weight excluding hydrogens is 320 g/mol. The molecule has 0 unspecified atom stereocenters. The van der Waals surface area contributed by atoms with E-state index in [1.54, 1.807) is 0 Å². The first-order valence-corrected chi connectivity index (χ1v) is 8.16. The van der Waals surface area contributed by atoms with Crippen LogP contribution < -0.4 is 4.74 Å². The van der Waals surface area contributed by atoms with Crippen LogP contribution in [0.15, 0.2) is 30.5 Å². The normalized spacial score (nSPS) is 10.7. The Kier molecular flexibility index (Phi) is 5.55. The van der Waals surface area contributed by atoms with E-state index in [-0.39, 0.29) is 12.4 Å². The zero-order chi connectivity index (χ0) is 16.6. The second-order valence-corrected chi connectivity index (χ2v) is 6.17. The Morgan fingerprint density at radius 1 is 1.04 bits per heavy atom. The average molecular weight is 345 g/mol. The molecule has 0 N–H and O–H groups in total. The molecule has 4 heteroatoms. The first kappa shape index (κ1) is 18.3. The molecule has 2 heterocycles. The predicted molar refractivity (Wildman–Crippen MR) is 102 cm³/mol. The highest BCUT2D eigenvalue weighted by Crippen LogP contribution is 2.31. The first-order valence-electron chi connectivity index (χ1n) is 8.16. The van der Waals surface area contributed by atoms with Crippen LogP contribution in [0.25, 0.3) is 10.9 Å². The van der Waals surface area contributed by atoms with E-state index in [0.29, 0.717) is 6.61 Å². The summed E-state index contributed by atoms with van der Waals surface area (Å²) in [6, 6.07) is 8.53. The smallest absolute Gasteiger partial charge is 0.238 e. The molecule has 0 aliphatic rings. The van der Waals surface area contributed by atoms with Gasteiger partial charge in [0, 0.05) is 23.8 Å². The van der Waals surface area contributed by atoms with Crippen LogP contribution >= 0.6 is 12.4 Å². The number of hydrogen-bond acceptors (Lipinski definition) is 2. The van der Waals surface area contributed by atoms with Gasteiger partial charge in [-0.15, -0.1) is 12.4 Å². The van der Waals surface area contributed by atoms with Gasteiger partial charge >= 0.3 is 0 Å². The Morgan fingerprint density at radius 2 is 1.79 bits per heavy atom. The highest BCUT2D eigenvalue weighted by atomic mass is 35.5. The number of ether oxygens (including phenoxy) is 1. The zero-order valence-corrected chi connectivity index (χ0v) is 15.8. The molecule has 3 aromatic rings. The minimum Gasteiger partial charge on any atom is -0.471 e. The quantitative estimate of drug-likeness (QED) is 0.643. The van der Waals surface area contributed by atoms with E-state index in [1.807, 2.05) is 6.20 Å². The van der Waals surface area contributed by atoms with Gasteiger partial charge in [-0.3, -0.25) is 0 Å². The molecular formula is C20H25ClN2O. The number of hydrogen-bond donors (Lipinski definition) is 0. The molecule has 1 aromatic carbocycles. The monoisotopic (exact) mass is 344 g/mol. The van der Waals surface area contributed by atoms with Crippen LogP contribution in [0.3, 0.4) is 0 Å². The lowest BCUT2D eigenvalue weighted by atomic mass is 10.1. The van der Waals surface area contributed by atoms with Crippen molar-refractivity contribution in [1.29, 1.82) is 0 Å². The number of pyridine rings is 1. The molecule has 0 saturated carbocycles. The van der Waals surface area contributed by atoms with Crippen LogP contribution in [0.5, 0.6) is 5.88 Å². The van der Waals surface area contributed by atoms with E-state index in [4.69, 9.17) is 4.74 Å². The summed E-state index contributed by atoms with van der Waals surface area (Å²) in [7, 11) is 0. The summed E-state index contributed by atoms with van der Waals surface area (Å²) in [6.07, 6.45) is 1.84. The van der Waals surface area contributed by atoms with E-state index < -0.39 is 0 Å². The number of aryl methyl sites for hydroxylation is 4. The Labute approximate surface area is 150 Å². The number of halogens is 1. The van der Waals surface area contributed by atoms with Gasteiger partial charge in [0.25, 0.3) is 0 Å². The summed E-state index contributed by atoms with van der Waals surface area (Å²) in [5.41, 5.74) is 7.47. The fourth-order valence-corrected chi connectivity index (χ4v) is 3.11. The van der Waals surface area contributed by atoms with Crippen LogP contribution in [-0.4, -0.2) is 9.55 Å². The van der Waals surface area contributed by atoms with Crippen molar-refractivity contribution in [3.8, 4) is 5.88 Å². The second kappa shape index (κ2) is 7.27. The van der Waals surface area contributed by atoms with E-state index in [1.165, 1.54) is 33.3 Å². The highest BCUT2D eigenvalue weighted by molar-refractivity contribution is 5.88. The lowest BCUT2D eigenvalue weighted by molar-refractivity contribution is 0.296. The Balaban J connectivity index is 0.00000208. The van der Waals surface area contributed by atoms with Crippen LogP contribution in [0.1, 0.15) is 34.9 Å². The molecule has 0 atom stereocenters. The van der Waals surface area contributed by atoms with Crippen LogP contribution in [0.4, 0.5) is 0 Å². The Hall–Kier alpha value is -2.00. The third kappa shape index (κ3) is 3.13. The van der Waals surface area contributed by atoms with E-state index >= 15 is 0 Å². The number of rotatable bonds is 4. The molecule has 2 aromatic heterocycles. The summed E-state index contributed by atoms with van der Waals surface area (Å²) in [4.78, 5) is 4.48. The van der Waals surface area contributed by atoms with Crippen LogP contribution in [0, 0.1) is 27.7 Å². The van der Waals surface area contributed by atoms with Gasteiger partial charge in [-0.05, 0) is 62.9 Å². The molecule has 0 fully saturated rings. The maximum Gasteiger partial charge on any atom is 0.238 e. The van der Waals surface area contributed by atoms with Crippen molar-refractivity contribution < 1.29 is 4.74 Å². The Bertz CT molecular complexity index is 868. The maximum absolute atomic E-state index is 6.08. The van der Waals surface area contributed by atoms with E-state index in [0.717, 1.165) is 17.9 Å². The number of aromatic nitrogens is 2. The van der Waals surface area contributed by atoms with Gasteiger partial charge in [-0.2, -0.15) is 0 Å². The van der Waals surface area contributed by atoms with Gasteiger partial charge in [0.2, 0.25) is 5.88 Å². The van der Waals surface area contributed by atoms with Crippen LogP contribution in [0.2, 0.25) is 0 Å². The topological polar surface area (TPSA) is 27.1 Å². The standard InChI is InChI=1S/C20H24N2O.ClH/c1-6-22-16(5)15(4)18-9-10-21-20(19(18)22)23-12-17-8-7-13(2)14(3)11-17;/h7-11H,6,12H2,1-5H3;1H. The summed E-state index contributed by atoms with van der Waals surface area (Å²) < 4.78 is 8.36. The third-order valence-corrected chi connectivity index (χ3v) is 4.78. The largest absolute Gasteiger partial charge is 0.471 e. The van der Waals surface area contributed by atoms with Gasteiger partial charge in [-0.25, -0.2) is 4.98 Å². The van der Waals surface area contributed by atoms with Crippen molar-refractivity contribution in [2.75, 3.05) is 0 Å². The molecule has 128 valence electrons. The van der Waals surface area contributed by atoms with Crippen molar-refractivity contribution in [3.05, 3.63) is 58.4 Å². The minimum absolute atomic E-state index is 0. The molecule has 3 nitrogen and oxygen atoms in total. The fraction of sp³-hybridized carbons (Fsp3) is 0.350. The van der Waals surface area contributed by atoms with E-state index in [9.17, 15) is 0 Å². The van der Waals surface area contributed by atoms with Gasteiger partial charge in [0.1, 0.15) is 12.1 Å². The summed E-state index contributed by atoms with van der Waals surface area (Å²) in [5.74, 6) is 0.721. The zero-order valence-electron chi connectivity index (χ0n) is 15.0. The molecule has 0 bridgehead atoms. The van der Waals surface area contributed by atoms with Crippen molar-refractivity contribution in [3.63, 3.8) is 0 Å². The van der Waals surface area contributed by atoms with Crippen LogP contribution in [-0.2, 0) is 13.2 Å². The molecule has 3 rings (SSSR count). The lowest BCUT2D eigenvalue weighted by Gasteiger charge is -2.11.